The molecule has 1 aromatic rings. The predicted octanol–water partition coefficient (Wildman–Crippen LogP) is 2.56. The summed E-state index contributed by atoms with van der Waals surface area (Å²) in [7, 11) is 0.173. The molecule has 0 heterocycles. The molecule has 0 bridgehead atoms. The van der Waals surface area contributed by atoms with Crippen LogP contribution in [0.5, 0.6) is 5.75 Å². The molecule has 0 fully saturated rings. The topological polar surface area (TPSA) is 43.4 Å². The van der Waals surface area contributed by atoms with Crippen LogP contribution in [0.4, 0.5) is 4.39 Å². The van der Waals surface area contributed by atoms with Gasteiger partial charge >= 0.3 is 0 Å². The average Bonchev–Trinajstić information content (AvgIpc) is 2.37. The van der Waals surface area contributed by atoms with Gasteiger partial charge in [0.2, 0.25) is 0 Å². The minimum atomic E-state index is -1.24. The van der Waals surface area contributed by atoms with Crippen molar-refractivity contribution in [2.45, 2.75) is 25.5 Å². The van der Waals surface area contributed by atoms with Gasteiger partial charge in [0.15, 0.2) is 5.78 Å². The van der Waals surface area contributed by atoms with E-state index in [0.29, 0.717) is 5.75 Å². The van der Waals surface area contributed by atoms with Gasteiger partial charge in [-0.1, -0.05) is 13.8 Å². The Bertz CT molecular complexity index is 460. The van der Waals surface area contributed by atoms with Crippen molar-refractivity contribution in [2.75, 3.05) is 12.9 Å². The van der Waals surface area contributed by atoms with Crippen molar-refractivity contribution in [1.29, 1.82) is 0 Å². The molecule has 0 spiro atoms. The molecule has 100 valence electrons. The third kappa shape index (κ3) is 3.63. The van der Waals surface area contributed by atoms with Gasteiger partial charge in [0.25, 0.3) is 0 Å². The first-order valence-electron chi connectivity index (χ1n) is 5.73. The van der Waals surface area contributed by atoms with Crippen molar-refractivity contribution in [3.63, 3.8) is 0 Å². The third-order valence-corrected chi connectivity index (χ3v) is 4.54. The number of hydrogen-bond donors (Lipinski definition) is 0. The van der Waals surface area contributed by atoms with Gasteiger partial charge in [-0.25, -0.2) is 4.39 Å². The van der Waals surface area contributed by atoms with Gasteiger partial charge in [-0.05, 0) is 24.6 Å². The number of methoxy groups -OCH3 is 1. The molecule has 0 aliphatic heterocycles. The van der Waals surface area contributed by atoms with Crippen LogP contribution < -0.4 is 4.74 Å². The smallest absolute Gasteiger partial charge is 0.179 e. The molecule has 2 atom stereocenters. The lowest BCUT2D eigenvalue weighted by Crippen LogP contribution is -2.19. The first kappa shape index (κ1) is 14.8. The summed E-state index contributed by atoms with van der Waals surface area (Å²) in [4.78, 5) is 12.0. The van der Waals surface area contributed by atoms with Crippen molar-refractivity contribution in [1.82, 2.24) is 0 Å². The van der Waals surface area contributed by atoms with Crippen LogP contribution >= 0.6 is 0 Å². The zero-order chi connectivity index (χ0) is 13.7. The van der Waals surface area contributed by atoms with Gasteiger partial charge in [0.1, 0.15) is 11.6 Å². The number of hydrogen-bond acceptors (Lipinski definition) is 3. The second-order valence-corrected chi connectivity index (χ2v) is 5.87. The molecule has 0 saturated carbocycles. The standard InChI is InChI=1S/C13H17FO3S/c1-4-9(2)18(16)8-12(15)11-7-10(14)5-6-13(11)17-3/h5-7,9H,4,8H2,1-3H3. The summed E-state index contributed by atoms with van der Waals surface area (Å²) in [5.41, 5.74) is 0.147. The van der Waals surface area contributed by atoms with Crippen LogP contribution in [0.2, 0.25) is 0 Å². The van der Waals surface area contributed by atoms with Crippen LogP contribution in [0.25, 0.3) is 0 Å². The van der Waals surface area contributed by atoms with Crippen LogP contribution in [0, 0.1) is 5.82 Å². The first-order valence-corrected chi connectivity index (χ1v) is 7.11. The Morgan fingerprint density at radius 1 is 1.50 bits per heavy atom. The summed E-state index contributed by atoms with van der Waals surface area (Å²) >= 11 is 0. The van der Waals surface area contributed by atoms with Gasteiger partial charge in [0, 0.05) is 16.0 Å². The Morgan fingerprint density at radius 2 is 2.17 bits per heavy atom. The van der Waals surface area contributed by atoms with Crippen LogP contribution in [-0.2, 0) is 10.8 Å². The van der Waals surface area contributed by atoms with Crippen LogP contribution in [0.3, 0.4) is 0 Å². The van der Waals surface area contributed by atoms with Crippen molar-refractivity contribution >= 4 is 16.6 Å². The number of rotatable bonds is 6. The molecular weight excluding hydrogens is 255 g/mol. The van der Waals surface area contributed by atoms with Crippen molar-refractivity contribution in [3.05, 3.63) is 29.6 Å². The molecule has 18 heavy (non-hydrogen) atoms. The van der Waals surface area contributed by atoms with E-state index in [9.17, 15) is 13.4 Å². The van der Waals surface area contributed by atoms with E-state index < -0.39 is 16.6 Å². The van der Waals surface area contributed by atoms with Gasteiger partial charge in [-0.3, -0.25) is 9.00 Å². The maximum absolute atomic E-state index is 13.1. The summed E-state index contributed by atoms with van der Waals surface area (Å²) in [6.45, 7) is 3.74. The molecule has 3 nitrogen and oxygen atoms in total. The monoisotopic (exact) mass is 272 g/mol. The van der Waals surface area contributed by atoms with E-state index in [1.807, 2.05) is 13.8 Å². The van der Waals surface area contributed by atoms with E-state index in [1.54, 1.807) is 0 Å². The van der Waals surface area contributed by atoms with E-state index in [-0.39, 0.29) is 22.3 Å². The normalized spacial score (nSPS) is 14.0. The second kappa shape index (κ2) is 6.64. The lowest BCUT2D eigenvalue weighted by atomic mass is 10.1. The summed E-state index contributed by atoms with van der Waals surface area (Å²) in [5, 5.41) is -0.0477. The number of carbonyl (C=O) groups is 1. The van der Waals surface area contributed by atoms with E-state index in [2.05, 4.69) is 0 Å². The Hall–Kier alpha value is -1.23. The van der Waals surface area contributed by atoms with Crippen LogP contribution in [-0.4, -0.2) is 28.1 Å². The van der Waals surface area contributed by atoms with Gasteiger partial charge in [-0.15, -0.1) is 0 Å². The fraction of sp³-hybridized carbons (Fsp3) is 0.462. The molecule has 0 aromatic heterocycles. The van der Waals surface area contributed by atoms with Crippen LogP contribution in [0.15, 0.2) is 18.2 Å². The predicted molar refractivity (Wildman–Crippen MR) is 70.0 cm³/mol. The van der Waals surface area contributed by atoms with Gasteiger partial charge < -0.3 is 4.74 Å². The second-order valence-electron chi connectivity index (χ2n) is 4.01. The highest BCUT2D eigenvalue weighted by atomic mass is 32.2. The lowest BCUT2D eigenvalue weighted by Gasteiger charge is -2.10. The van der Waals surface area contributed by atoms with E-state index in [0.717, 1.165) is 12.5 Å². The Balaban J connectivity index is 2.90. The molecular formula is C13H17FO3S. The quantitative estimate of drug-likeness (QED) is 0.747. The molecule has 0 N–H and O–H groups in total. The highest BCUT2D eigenvalue weighted by Crippen LogP contribution is 2.20. The van der Waals surface area contributed by atoms with Gasteiger partial charge in [0.05, 0.1) is 18.4 Å². The molecule has 1 rings (SSSR count). The first-order chi connectivity index (χ1) is 8.49. The number of ketones is 1. The molecule has 0 saturated heterocycles. The Labute approximate surface area is 109 Å². The van der Waals surface area contributed by atoms with Crippen molar-refractivity contribution in [2.24, 2.45) is 0 Å². The number of ether oxygens (including phenoxy) is 1. The maximum atomic E-state index is 13.1. The Morgan fingerprint density at radius 3 is 2.72 bits per heavy atom. The highest BCUT2D eigenvalue weighted by molar-refractivity contribution is 7.86. The molecule has 0 amide bonds. The third-order valence-electron chi connectivity index (χ3n) is 2.76. The van der Waals surface area contributed by atoms with Gasteiger partial charge in [-0.2, -0.15) is 0 Å². The summed E-state index contributed by atoms with van der Waals surface area (Å²) < 4.78 is 29.9. The summed E-state index contributed by atoms with van der Waals surface area (Å²) in [6.07, 6.45) is 0.736. The molecule has 5 heteroatoms. The molecule has 2 unspecified atom stereocenters. The molecule has 0 aliphatic carbocycles. The minimum absolute atomic E-state index is 0.0477. The van der Waals surface area contributed by atoms with Crippen LogP contribution in [0.1, 0.15) is 30.6 Å². The van der Waals surface area contributed by atoms with E-state index in [1.165, 1.54) is 19.2 Å². The molecule has 0 radical (unpaired) electrons. The Kier molecular flexibility index (Phi) is 5.47. The number of halogens is 1. The number of Topliss-reactive ketones (excluding diaryl/α,β-unsaturated/α-hetero) is 1. The van der Waals surface area contributed by atoms with Crippen molar-refractivity contribution < 1.29 is 18.1 Å². The largest absolute Gasteiger partial charge is 0.496 e. The summed E-state index contributed by atoms with van der Waals surface area (Å²) in [5.74, 6) is -0.657. The average molecular weight is 272 g/mol. The zero-order valence-electron chi connectivity index (χ0n) is 10.7. The highest BCUT2D eigenvalue weighted by Gasteiger charge is 2.18. The lowest BCUT2D eigenvalue weighted by molar-refractivity contribution is 0.101. The minimum Gasteiger partial charge on any atom is -0.496 e. The summed E-state index contributed by atoms with van der Waals surface area (Å²) in [6, 6.07) is 3.74. The zero-order valence-corrected chi connectivity index (χ0v) is 11.6. The van der Waals surface area contributed by atoms with E-state index >= 15 is 0 Å². The number of benzene rings is 1. The SMILES string of the molecule is CCC(C)S(=O)CC(=O)c1cc(F)ccc1OC. The fourth-order valence-electron chi connectivity index (χ4n) is 1.43. The fourth-order valence-corrected chi connectivity index (χ4v) is 2.50. The number of carbonyl (C=O) groups excluding carboxylic acids is 1. The molecule has 1 aromatic carbocycles. The van der Waals surface area contributed by atoms with E-state index in [4.69, 9.17) is 4.74 Å². The van der Waals surface area contributed by atoms with Crippen molar-refractivity contribution in [3.8, 4) is 5.75 Å². The maximum Gasteiger partial charge on any atom is 0.179 e. The molecule has 0 aliphatic rings.